The highest BCUT2D eigenvalue weighted by Crippen LogP contribution is 2.30. The number of benzene rings is 1. The molecule has 0 aliphatic carbocycles. The highest BCUT2D eigenvalue weighted by atomic mass is 35.5. The molecule has 1 N–H and O–H groups in total. The Morgan fingerprint density at radius 3 is 2.52 bits per heavy atom. The van der Waals surface area contributed by atoms with Crippen molar-refractivity contribution in [3.63, 3.8) is 0 Å². The monoisotopic (exact) mass is 352 g/mol. The minimum Gasteiger partial charge on any atom is -0.352 e. The molecule has 8 heteroatoms. The van der Waals surface area contributed by atoms with E-state index < -0.39 is 15.9 Å². The van der Waals surface area contributed by atoms with E-state index in [2.05, 4.69) is 5.32 Å². The lowest BCUT2D eigenvalue weighted by Crippen LogP contribution is -2.43. The molecule has 0 heterocycles. The van der Waals surface area contributed by atoms with Crippen molar-refractivity contribution < 1.29 is 13.2 Å². The lowest BCUT2D eigenvalue weighted by Gasteiger charge is -2.24. The van der Waals surface area contributed by atoms with E-state index in [-0.39, 0.29) is 23.3 Å². The van der Waals surface area contributed by atoms with Crippen molar-refractivity contribution >= 4 is 44.8 Å². The molecule has 1 aromatic rings. The van der Waals surface area contributed by atoms with Crippen LogP contribution in [0.3, 0.4) is 0 Å². The number of sulfonamides is 1. The smallest absolute Gasteiger partial charge is 0.240 e. The van der Waals surface area contributed by atoms with Crippen molar-refractivity contribution in [1.29, 1.82) is 0 Å². The van der Waals surface area contributed by atoms with Crippen molar-refractivity contribution in [1.82, 2.24) is 5.32 Å². The summed E-state index contributed by atoms with van der Waals surface area (Å²) in [7, 11) is -3.67. The van der Waals surface area contributed by atoms with Crippen molar-refractivity contribution in [3.05, 3.63) is 28.2 Å². The molecule has 1 amide bonds. The summed E-state index contributed by atoms with van der Waals surface area (Å²) in [5.41, 5.74) is 0.186. The van der Waals surface area contributed by atoms with Crippen LogP contribution in [0.25, 0.3) is 0 Å². The van der Waals surface area contributed by atoms with Crippen LogP contribution < -0.4 is 9.62 Å². The van der Waals surface area contributed by atoms with Gasteiger partial charge in [-0.25, -0.2) is 8.42 Å². The van der Waals surface area contributed by atoms with E-state index in [4.69, 9.17) is 23.2 Å². The Bertz CT molecular complexity index is 620. The first-order chi connectivity index (χ1) is 9.65. The number of hydrogen-bond acceptors (Lipinski definition) is 3. The predicted octanol–water partition coefficient (Wildman–Crippen LogP) is 2.67. The molecule has 118 valence electrons. The number of hydrogen-bond donors (Lipinski definition) is 1. The van der Waals surface area contributed by atoms with Crippen molar-refractivity contribution in [3.8, 4) is 0 Å². The Kier molecular flexibility index (Phi) is 6.31. The second kappa shape index (κ2) is 7.33. The maximum Gasteiger partial charge on any atom is 0.240 e. The first kappa shape index (κ1) is 18.1. The molecule has 1 atom stereocenters. The second-order valence-electron chi connectivity index (χ2n) is 4.74. The maximum absolute atomic E-state index is 11.9. The molecule has 0 radical (unpaired) electrons. The van der Waals surface area contributed by atoms with Gasteiger partial charge in [0.25, 0.3) is 0 Å². The zero-order valence-electron chi connectivity index (χ0n) is 12.1. The molecule has 5 nitrogen and oxygen atoms in total. The van der Waals surface area contributed by atoms with E-state index >= 15 is 0 Å². The van der Waals surface area contributed by atoms with Crippen molar-refractivity contribution in [2.45, 2.75) is 26.3 Å². The van der Waals surface area contributed by atoms with E-state index in [0.717, 1.165) is 17.0 Å². The van der Waals surface area contributed by atoms with E-state index in [1.54, 1.807) is 6.07 Å². The van der Waals surface area contributed by atoms with Gasteiger partial charge in [-0.1, -0.05) is 30.1 Å². The fourth-order valence-corrected chi connectivity index (χ4v) is 2.91. The molecule has 21 heavy (non-hydrogen) atoms. The molecule has 0 spiro atoms. The summed E-state index contributed by atoms with van der Waals surface area (Å²) >= 11 is 11.9. The third kappa shape index (κ3) is 5.37. The molecular formula is C13H18Cl2N2O3S. The summed E-state index contributed by atoms with van der Waals surface area (Å²) in [6, 6.07) is 4.42. The fraction of sp³-hybridized carbons (Fsp3) is 0.462. The van der Waals surface area contributed by atoms with Crippen molar-refractivity contribution in [2.75, 3.05) is 17.1 Å². The fourth-order valence-electron chi connectivity index (χ4n) is 1.61. The lowest BCUT2D eigenvalue weighted by molar-refractivity contribution is -0.120. The zero-order chi connectivity index (χ0) is 16.2. The van der Waals surface area contributed by atoms with Crippen LogP contribution in [0, 0.1) is 0 Å². The van der Waals surface area contributed by atoms with Gasteiger partial charge in [-0.3, -0.25) is 9.10 Å². The minimum atomic E-state index is -3.67. The quantitative estimate of drug-likeness (QED) is 0.855. The van der Waals surface area contributed by atoms with Crippen molar-refractivity contribution in [2.24, 2.45) is 0 Å². The van der Waals surface area contributed by atoms with Gasteiger partial charge in [-0.05, 0) is 31.5 Å². The predicted molar refractivity (Wildman–Crippen MR) is 86.5 cm³/mol. The molecule has 0 fully saturated rings. The molecule has 1 aromatic carbocycles. The van der Waals surface area contributed by atoms with Crippen LogP contribution in [0.4, 0.5) is 5.69 Å². The van der Waals surface area contributed by atoms with Crippen LogP contribution in [0.2, 0.25) is 10.0 Å². The summed E-state index contributed by atoms with van der Waals surface area (Å²) in [5.74, 6) is -0.397. The van der Waals surface area contributed by atoms with E-state index in [9.17, 15) is 13.2 Å². The molecular weight excluding hydrogens is 335 g/mol. The number of rotatable bonds is 6. The van der Waals surface area contributed by atoms with E-state index in [1.807, 2.05) is 13.8 Å². The van der Waals surface area contributed by atoms with Gasteiger partial charge >= 0.3 is 0 Å². The number of halogens is 2. The van der Waals surface area contributed by atoms with Gasteiger partial charge in [0.15, 0.2) is 0 Å². The molecule has 0 bridgehead atoms. The van der Waals surface area contributed by atoms with Gasteiger partial charge in [-0.15, -0.1) is 0 Å². The molecule has 0 saturated carbocycles. The number of nitrogens with one attached hydrogen (secondary N) is 1. The minimum absolute atomic E-state index is 0.0336. The molecule has 0 aliphatic rings. The first-order valence-corrected chi connectivity index (χ1v) is 8.97. The summed E-state index contributed by atoms with van der Waals surface area (Å²) in [6.45, 7) is 3.42. The average Bonchev–Trinajstić information content (AvgIpc) is 2.37. The number of carbonyl (C=O) groups excluding carboxylic acids is 1. The van der Waals surface area contributed by atoms with Crippen LogP contribution in [-0.2, 0) is 14.8 Å². The summed E-state index contributed by atoms with van der Waals surface area (Å²) in [5, 5.41) is 3.26. The van der Waals surface area contributed by atoms with Gasteiger partial charge in [-0.2, -0.15) is 0 Å². The SMILES string of the molecule is CC[C@@H](C)NC(=O)CN(c1cc(Cl)ccc1Cl)S(C)(=O)=O. The van der Waals surface area contributed by atoms with Crippen LogP contribution in [0.1, 0.15) is 20.3 Å². The lowest BCUT2D eigenvalue weighted by atomic mass is 10.2. The van der Waals surface area contributed by atoms with Crippen LogP contribution in [0.5, 0.6) is 0 Å². The number of nitrogens with zero attached hydrogens (tertiary/aromatic N) is 1. The van der Waals surface area contributed by atoms with E-state index in [0.29, 0.717) is 5.02 Å². The van der Waals surface area contributed by atoms with Crippen LogP contribution in [-0.4, -0.2) is 33.2 Å². The van der Waals surface area contributed by atoms with E-state index in [1.165, 1.54) is 12.1 Å². The Hall–Kier alpha value is -0.980. The summed E-state index contributed by atoms with van der Waals surface area (Å²) in [6.07, 6.45) is 1.77. The average molecular weight is 353 g/mol. The molecule has 0 aliphatic heterocycles. The van der Waals surface area contributed by atoms with Gasteiger partial charge in [0.2, 0.25) is 15.9 Å². The molecule has 0 saturated heterocycles. The summed E-state index contributed by atoms with van der Waals surface area (Å²) < 4.78 is 24.8. The number of amides is 1. The topological polar surface area (TPSA) is 66.5 Å². The Morgan fingerprint density at radius 2 is 2.00 bits per heavy atom. The highest BCUT2D eigenvalue weighted by Gasteiger charge is 2.23. The Labute approximate surface area is 135 Å². The number of anilines is 1. The Balaban J connectivity index is 3.08. The molecule has 1 rings (SSSR count). The largest absolute Gasteiger partial charge is 0.352 e. The highest BCUT2D eigenvalue weighted by molar-refractivity contribution is 7.92. The van der Waals surface area contributed by atoms with Gasteiger partial charge in [0.1, 0.15) is 6.54 Å². The number of carbonyl (C=O) groups is 1. The standard InChI is InChI=1S/C13H18Cl2N2O3S/c1-4-9(2)16-13(18)8-17(21(3,19)20)12-7-10(14)5-6-11(12)15/h5-7,9H,4,8H2,1-3H3,(H,16,18)/t9-/m1/s1. The van der Waals surface area contributed by atoms with Crippen LogP contribution in [0.15, 0.2) is 18.2 Å². The van der Waals surface area contributed by atoms with Gasteiger partial charge < -0.3 is 5.32 Å². The molecule has 0 unspecified atom stereocenters. The van der Waals surface area contributed by atoms with Gasteiger partial charge in [0.05, 0.1) is 17.0 Å². The third-order valence-corrected chi connectivity index (χ3v) is 4.57. The zero-order valence-corrected chi connectivity index (χ0v) is 14.4. The Morgan fingerprint density at radius 1 is 1.38 bits per heavy atom. The maximum atomic E-state index is 11.9. The third-order valence-electron chi connectivity index (χ3n) is 2.88. The summed E-state index contributed by atoms with van der Waals surface area (Å²) in [4.78, 5) is 11.9. The van der Waals surface area contributed by atoms with Gasteiger partial charge in [0, 0.05) is 11.1 Å². The van der Waals surface area contributed by atoms with Crippen LogP contribution >= 0.6 is 23.2 Å². The first-order valence-electron chi connectivity index (χ1n) is 6.37. The second-order valence-corrected chi connectivity index (χ2v) is 7.49. The molecule has 0 aromatic heterocycles. The normalized spacial score (nSPS) is 12.8.